The molecule has 0 aliphatic carbocycles. The number of nitrogens with zero attached hydrogens (tertiary/aromatic N) is 7. The van der Waals surface area contributed by atoms with Gasteiger partial charge in [0, 0.05) is 49.3 Å². The van der Waals surface area contributed by atoms with Gasteiger partial charge in [0.05, 0.1) is 18.8 Å². The summed E-state index contributed by atoms with van der Waals surface area (Å²) in [5.74, 6) is -10.2. The maximum absolute atomic E-state index is 15.1. The van der Waals surface area contributed by atoms with Gasteiger partial charge >= 0.3 is 0 Å². The first-order valence-corrected chi connectivity index (χ1v) is 30.6. The zero-order chi connectivity index (χ0) is 66.9. The minimum Gasteiger partial charge on any atom is -0.390 e. The molecule has 1 saturated heterocycles. The van der Waals surface area contributed by atoms with Gasteiger partial charge in [0.25, 0.3) is 5.91 Å². The van der Waals surface area contributed by atoms with Gasteiger partial charge in [0.2, 0.25) is 59.1 Å². The predicted octanol–water partition coefficient (Wildman–Crippen LogP) is 2.38. The molecular formula is C62H111N11O13. The Bertz CT molecular complexity index is 2380. The third-order valence-corrected chi connectivity index (χ3v) is 16.5. The minimum absolute atomic E-state index is 0.00358. The van der Waals surface area contributed by atoms with Crippen LogP contribution in [0.5, 0.6) is 0 Å². The van der Waals surface area contributed by atoms with Crippen LogP contribution in [0, 0.1) is 35.5 Å². The lowest BCUT2D eigenvalue weighted by molar-refractivity contribution is -0.157. The van der Waals surface area contributed by atoms with Crippen LogP contribution in [0.15, 0.2) is 12.2 Å². The average molecular weight is 1220 g/mol. The van der Waals surface area contributed by atoms with Crippen molar-refractivity contribution in [1.29, 1.82) is 0 Å². The molecule has 0 bridgehead atoms. The summed E-state index contributed by atoms with van der Waals surface area (Å²) in [4.78, 5) is 169. The summed E-state index contributed by atoms with van der Waals surface area (Å²) >= 11 is 0. The van der Waals surface area contributed by atoms with Gasteiger partial charge in [-0.1, -0.05) is 95.2 Å². The number of likely N-dealkylation sites (N-methyl/N-ethyl adjacent to an activating group) is 7. The molecule has 0 aromatic rings. The van der Waals surface area contributed by atoms with Crippen LogP contribution >= 0.6 is 0 Å². The molecule has 0 spiro atoms. The lowest BCUT2D eigenvalue weighted by Crippen LogP contribution is -2.67. The van der Waals surface area contributed by atoms with Gasteiger partial charge in [-0.25, -0.2) is 0 Å². The Labute approximate surface area is 513 Å². The molecule has 1 aliphatic rings. The number of carbonyl (C=O) groups is 11. The molecule has 1 rings (SSSR count). The van der Waals surface area contributed by atoms with Crippen LogP contribution in [-0.4, -0.2) is 237 Å². The second-order valence-corrected chi connectivity index (χ2v) is 26.2. The van der Waals surface area contributed by atoms with Gasteiger partial charge in [0.1, 0.15) is 59.9 Å². The zero-order valence-electron chi connectivity index (χ0n) is 56.4. The maximum Gasteiger partial charge on any atom is 0.251 e. The standard InChI is InChI=1S/C62H111N11O13/c1-25-27-28-39(13)51(76)50-55(80)65-43(26-2)57(82)67(18)33-48(75)68(19)45(30-35(5)6)54(79)66-62(17,42(16)74)61(86)71(22)44(29-34(3)4)53(78)63-40(14)52(77)64-41(15)56(81)69(20)46(31-36(7)8)58(83)70(21)47(32-37(9)10)59(84)72(23)49(38(11)12)60(85)73(50)24/h25,27,34-47,49-51,74,76H,26,28-33H2,1-24H3,(H,63,78)(H,64,77)(H,65,80)(H,66,79)/b27-25+/t39-,40+,41-,42?,43+,44+,45-,46-,47+,49+,50+,51?,62-/m1/s1. The Morgan fingerprint density at radius 3 is 1.38 bits per heavy atom. The van der Waals surface area contributed by atoms with Crippen molar-refractivity contribution in [3.8, 4) is 0 Å². The van der Waals surface area contributed by atoms with Crippen molar-refractivity contribution in [3.05, 3.63) is 12.2 Å². The average Bonchev–Trinajstić information content (AvgIpc) is 3.00. The first-order valence-electron chi connectivity index (χ1n) is 30.6. The van der Waals surface area contributed by atoms with E-state index in [2.05, 4.69) is 21.3 Å². The lowest BCUT2D eigenvalue weighted by Gasteiger charge is -2.41. The number of carbonyl (C=O) groups excluding carboxylic acids is 11. The second-order valence-electron chi connectivity index (χ2n) is 26.2. The van der Waals surface area contributed by atoms with Crippen molar-refractivity contribution in [2.45, 2.75) is 228 Å². The molecule has 0 aromatic heterocycles. The summed E-state index contributed by atoms with van der Waals surface area (Å²) in [5.41, 5.74) is -2.10. The van der Waals surface area contributed by atoms with Crippen LogP contribution in [0.1, 0.15) is 156 Å². The molecule has 6 N–H and O–H groups in total. The fraction of sp³-hybridized carbons (Fsp3) is 0.790. The molecule has 492 valence electrons. The van der Waals surface area contributed by atoms with Gasteiger partial charge in [-0.15, -0.1) is 0 Å². The largest absolute Gasteiger partial charge is 0.390 e. The highest BCUT2D eigenvalue weighted by molar-refractivity contribution is 6.00. The van der Waals surface area contributed by atoms with Crippen LogP contribution in [0.2, 0.25) is 0 Å². The number of hydrogen-bond acceptors (Lipinski definition) is 13. The van der Waals surface area contributed by atoms with Crippen molar-refractivity contribution < 1.29 is 63.0 Å². The van der Waals surface area contributed by atoms with Crippen LogP contribution in [0.3, 0.4) is 0 Å². The number of aliphatic hydroxyl groups is 2. The lowest BCUT2D eigenvalue weighted by atomic mass is 9.90. The Balaban J connectivity index is 4.37. The summed E-state index contributed by atoms with van der Waals surface area (Å²) in [7, 11) is 9.66. The highest BCUT2D eigenvalue weighted by Crippen LogP contribution is 2.26. The number of allylic oxidation sites excluding steroid dienone is 2. The smallest absolute Gasteiger partial charge is 0.251 e. The summed E-state index contributed by atoms with van der Waals surface area (Å²) in [5, 5.41) is 34.1. The molecule has 86 heavy (non-hydrogen) atoms. The second kappa shape index (κ2) is 34.4. The van der Waals surface area contributed by atoms with Crippen molar-refractivity contribution >= 4 is 65.0 Å². The first-order chi connectivity index (χ1) is 39.6. The van der Waals surface area contributed by atoms with Crippen molar-refractivity contribution in [3.63, 3.8) is 0 Å². The molecule has 1 heterocycles. The molecule has 24 heteroatoms. The molecule has 2 unspecified atom stereocenters. The molecule has 1 fully saturated rings. The summed E-state index contributed by atoms with van der Waals surface area (Å²) in [6.45, 7) is 28.1. The van der Waals surface area contributed by atoms with Gasteiger partial charge in [-0.2, -0.15) is 0 Å². The maximum atomic E-state index is 15.1. The third-order valence-electron chi connectivity index (χ3n) is 16.5. The number of rotatable bonds is 15. The van der Waals surface area contributed by atoms with E-state index in [1.807, 2.05) is 55.4 Å². The van der Waals surface area contributed by atoms with Crippen molar-refractivity contribution in [1.82, 2.24) is 55.6 Å². The van der Waals surface area contributed by atoms with E-state index in [9.17, 15) is 53.4 Å². The van der Waals surface area contributed by atoms with Crippen LogP contribution < -0.4 is 21.3 Å². The predicted molar refractivity (Wildman–Crippen MR) is 330 cm³/mol. The zero-order valence-corrected chi connectivity index (χ0v) is 56.4. The van der Waals surface area contributed by atoms with E-state index in [4.69, 9.17) is 0 Å². The number of hydrogen-bond donors (Lipinski definition) is 6. The number of amides is 11. The fourth-order valence-electron chi connectivity index (χ4n) is 10.7. The number of nitrogens with one attached hydrogen (secondary N) is 4. The van der Waals surface area contributed by atoms with E-state index in [0.717, 1.165) is 19.6 Å². The van der Waals surface area contributed by atoms with Gasteiger partial charge in [-0.3, -0.25) is 52.7 Å². The third kappa shape index (κ3) is 20.7. The fourth-order valence-corrected chi connectivity index (χ4v) is 10.7. The molecule has 1 aliphatic heterocycles. The first kappa shape index (κ1) is 77.8. The van der Waals surface area contributed by atoms with Crippen LogP contribution in [0.4, 0.5) is 0 Å². The van der Waals surface area contributed by atoms with Crippen LogP contribution in [-0.2, 0) is 52.7 Å². The number of aliphatic hydroxyl groups excluding tert-OH is 2. The molecule has 24 nitrogen and oxygen atoms in total. The SMILES string of the molecule is C/C=C/C[C@@H](C)C(O)[C@H]1C(=O)N[C@@H](CC)C(=O)N(C)CC(=O)N(C)[C@H](CC(C)C)C(=O)N[C@](C)(C(C)O)C(=O)N(C)[C@@H](CC(C)C)C(=O)N[C@@H](C)C(=O)N[C@H](C)C(=O)N(C)[C@H](CC(C)C)C(=O)N(C)[C@@H](CC(C)C)C(=O)N(C)[C@@H](C(C)C)C(=O)N1C. The Morgan fingerprint density at radius 1 is 0.512 bits per heavy atom. The van der Waals surface area contributed by atoms with E-state index < -0.39 is 155 Å². The van der Waals surface area contributed by atoms with Gasteiger partial charge < -0.3 is 65.8 Å². The summed E-state index contributed by atoms with van der Waals surface area (Å²) < 4.78 is 0. The van der Waals surface area contributed by atoms with Gasteiger partial charge in [-0.05, 0) is 109 Å². The topological polar surface area (TPSA) is 299 Å². The van der Waals surface area contributed by atoms with E-state index in [0.29, 0.717) is 6.42 Å². The minimum atomic E-state index is -2.10. The molecule has 0 aromatic carbocycles. The molecule has 0 saturated carbocycles. The van der Waals surface area contributed by atoms with Crippen LogP contribution in [0.25, 0.3) is 0 Å². The molecular weight excluding hydrogens is 1110 g/mol. The Kier molecular flexibility index (Phi) is 31.1. The summed E-state index contributed by atoms with van der Waals surface area (Å²) in [6, 6.07) is -11.6. The highest BCUT2D eigenvalue weighted by Gasteiger charge is 2.48. The normalized spacial score (nSPS) is 27.9. The summed E-state index contributed by atoms with van der Waals surface area (Å²) in [6.07, 6.45) is 1.18. The Morgan fingerprint density at radius 2 is 0.942 bits per heavy atom. The van der Waals surface area contributed by atoms with E-state index in [1.54, 1.807) is 46.8 Å². The molecule has 13 atom stereocenters. The highest BCUT2D eigenvalue weighted by atomic mass is 16.3. The van der Waals surface area contributed by atoms with E-state index in [1.165, 1.54) is 91.7 Å². The van der Waals surface area contributed by atoms with Crippen molar-refractivity contribution in [2.24, 2.45) is 35.5 Å². The molecule has 0 radical (unpaired) electrons. The van der Waals surface area contributed by atoms with E-state index in [-0.39, 0.29) is 55.8 Å². The monoisotopic (exact) mass is 1220 g/mol. The van der Waals surface area contributed by atoms with Gasteiger partial charge in [0.15, 0.2) is 0 Å². The quantitative estimate of drug-likeness (QED) is 0.129. The molecule has 11 amide bonds. The van der Waals surface area contributed by atoms with E-state index >= 15 is 9.59 Å². The Hall–Kier alpha value is -6.17. The van der Waals surface area contributed by atoms with Crippen molar-refractivity contribution in [2.75, 3.05) is 55.9 Å².